The second-order valence-corrected chi connectivity index (χ2v) is 6.68. The molecule has 0 saturated carbocycles. The molecule has 0 spiro atoms. The lowest BCUT2D eigenvalue weighted by atomic mass is 10.1. The van der Waals surface area contributed by atoms with Gasteiger partial charge in [-0.15, -0.1) is 0 Å². The van der Waals surface area contributed by atoms with Gasteiger partial charge in [0, 0.05) is 0 Å². The van der Waals surface area contributed by atoms with Gasteiger partial charge in [-0.1, -0.05) is 11.2 Å². The summed E-state index contributed by atoms with van der Waals surface area (Å²) in [5.74, 6) is 0.984. The Hall–Kier alpha value is -3.81. The fourth-order valence-corrected chi connectivity index (χ4v) is 2.90. The van der Waals surface area contributed by atoms with Crippen molar-refractivity contribution < 1.29 is 33.1 Å². The lowest BCUT2D eigenvalue weighted by Crippen LogP contribution is -2.15. The van der Waals surface area contributed by atoms with Gasteiger partial charge in [0.1, 0.15) is 29.6 Å². The van der Waals surface area contributed by atoms with E-state index in [9.17, 15) is 9.59 Å². The molecule has 0 radical (unpaired) electrons. The number of hydrogen-bond donors (Lipinski definition) is 0. The molecule has 3 aromatic rings. The second-order valence-electron chi connectivity index (χ2n) is 6.68. The van der Waals surface area contributed by atoms with Gasteiger partial charge in [0.25, 0.3) is 0 Å². The number of methoxy groups -OCH3 is 2. The first-order valence-corrected chi connectivity index (χ1v) is 9.50. The fraction of sp³-hybridized carbons (Fsp3) is 0.261. The van der Waals surface area contributed by atoms with Gasteiger partial charge in [0.15, 0.2) is 6.61 Å². The Morgan fingerprint density at radius 1 is 1.00 bits per heavy atom. The summed E-state index contributed by atoms with van der Waals surface area (Å²) in [5, 5.41) is 3.89. The molecule has 0 amide bonds. The SMILES string of the molecule is COc1ccc(OC)c(C(=O)COC(=O)c2cccc(OCc3c(C)noc3C)c2)c1. The van der Waals surface area contributed by atoms with Crippen LogP contribution in [0.2, 0.25) is 0 Å². The number of aryl methyl sites for hydroxylation is 2. The van der Waals surface area contributed by atoms with Crippen LogP contribution >= 0.6 is 0 Å². The van der Waals surface area contributed by atoms with Crippen molar-refractivity contribution in [2.75, 3.05) is 20.8 Å². The van der Waals surface area contributed by atoms with E-state index in [1.807, 2.05) is 6.92 Å². The molecule has 0 bridgehead atoms. The number of benzene rings is 2. The van der Waals surface area contributed by atoms with Crippen LogP contribution in [0.5, 0.6) is 17.2 Å². The van der Waals surface area contributed by atoms with E-state index < -0.39 is 18.4 Å². The molecule has 0 atom stereocenters. The van der Waals surface area contributed by atoms with Gasteiger partial charge in [-0.05, 0) is 50.2 Å². The van der Waals surface area contributed by atoms with Crippen LogP contribution in [0.1, 0.15) is 37.7 Å². The maximum absolute atomic E-state index is 12.5. The van der Waals surface area contributed by atoms with Gasteiger partial charge in [-0.2, -0.15) is 0 Å². The lowest BCUT2D eigenvalue weighted by Gasteiger charge is -2.11. The summed E-state index contributed by atoms with van der Waals surface area (Å²) in [5.41, 5.74) is 2.14. The van der Waals surface area contributed by atoms with Crippen molar-refractivity contribution in [2.45, 2.75) is 20.5 Å². The van der Waals surface area contributed by atoms with Crippen LogP contribution in [-0.2, 0) is 11.3 Å². The van der Waals surface area contributed by atoms with E-state index in [0.29, 0.717) is 23.0 Å². The van der Waals surface area contributed by atoms with Gasteiger partial charge in [-0.3, -0.25) is 4.79 Å². The molecule has 8 nitrogen and oxygen atoms in total. The van der Waals surface area contributed by atoms with Crippen LogP contribution in [-0.4, -0.2) is 37.7 Å². The van der Waals surface area contributed by atoms with Crippen LogP contribution in [0.3, 0.4) is 0 Å². The van der Waals surface area contributed by atoms with Crippen LogP contribution in [0.15, 0.2) is 47.0 Å². The molecular formula is C23H23NO7. The van der Waals surface area contributed by atoms with Crippen LogP contribution in [0.25, 0.3) is 0 Å². The topological polar surface area (TPSA) is 97.1 Å². The van der Waals surface area contributed by atoms with Crippen molar-refractivity contribution >= 4 is 11.8 Å². The molecule has 0 fully saturated rings. The third-order valence-corrected chi connectivity index (χ3v) is 4.68. The van der Waals surface area contributed by atoms with Crippen molar-refractivity contribution in [3.05, 3.63) is 70.6 Å². The number of ether oxygens (including phenoxy) is 4. The Bertz CT molecular complexity index is 1070. The molecule has 1 aromatic heterocycles. The van der Waals surface area contributed by atoms with E-state index >= 15 is 0 Å². The zero-order chi connectivity index (χ0) is 22.4. The average Bonchev–Trinajstić information content (AvgIpc) is 3.12. The first-order chi connectivity index (χ1) is 14.9. The first-order valence-electron chi connectivity index (χ1n) is 9.50. The number of ketones is 1. The Labute approximate surface area is 179 Å². The van der Waals surface area contributed by atoms with E-state index in [1.165, 1.54) is 20.3 Å². The molecule has 0 aliphatic carbocycles. The van der Waals surface area contributed by atoms with Gasteiger partial charge in [-0.25, -0.2) is 4.79 Å². The first kappa shape index (κ1) is 21.9. The van der Waals surface area contributed by atoms with Gasteiger partial charge in [0.05, 0.1) is 36.6 Å². The highest BCUT2D eigenvalue weighted by Crippen LogP contribution is 2.25. The number of hydrogen-bond acceptors (Lipinski definition) is 8. The minimum Gasteiger partial charge on any atom is -0.497 e. The minimum atomic E-state index is -0.641. The van der Waals surface area contributed by atoms with Gasteiger partial charge < -0.3 is 23.5 Å². The molecule has 2 aromatic carbocycles. The number of carbonyl (C=O) groups is 2. The molecule has 0 aliphatic heterocycles. The molecule has 3 rings (SSSR count). The number of rotatable bonds is 9. The van der Waals surface area contributed by atoms with E-state index in [4.69, 9.17) is 23.5 Å². The predicted octanol–water partition coefficient (Wildman–Crippen LogP) is 3.93. The smallest absolute Gasteiger partial charge is 0.338 e. The highest BCUT2D eigenvalue weighted by Gasteiger charge is 2.17. The number of esters is 1. The third kappa shape index (κ3) is 5.22. The highest BCUT2D eigenvalue weighted by molar-refractivity contribution is 6.01. The van der Waals surface area contributed by atoms with Crippen LogP contribution < -0.4 is 14.2 Å². The van der Waals surface area contributed by atoms with E-state index in [-0.39, 0.29) is 17.7 Å². The van der Waals surface area contributed by atoms with Crippen molar-refractivity contribution in [1.82, 2.24) is 5.16 Å². The molecular weight excluding hydrogens is 402 g/mol. The Morgan fingerprint density at radius 2 is 1.81 bits per heavy atom. The van der Waals surface area contributed by atoms with Crippen molar-refractivity contribution in [3.63, 3.8) is 0 Å². The number of nitrogens with zero attached hydrogens (tertiary/aromatic N) is 1. The van der Waals surface area contributed by atoms with E-state index in [2.05, 4.69) is 5.16 Å². The quantitative estimate of drug-likeness (QED) is 0.376. The van der Waals surface area contributed by atoms with Crippen LogP contribution in [0.4, 0.5) is 0 Å². The molecule has 0 aliphatic rings. The highest BCUT2D eigenvalue weighted by atomic mass is 16.5. The fourth-order valence-electron chi connectivity index (χ4n) is 2.90. The number of Topliss-reactive ketones (excluding diaryl/α,β-unsaturated/α-hetero) is 1. The molecule has 31 heavy (non-hydrogen) atoms. The summed E-state index contributed by atoms with van der Waals surface area (Å²) >= 11 is 0. The zero-order valence-corrected chi connectivity index (χ0v) is 17.8. The van der Waals surface area contributed by atoms with Crippen molar-refractivity contribution in [1.29, 1.82) is 0 Å². The molecule has 8 heteroatoms. The standard InChI is InChI=1S/C23H23NO7/c1-14-20(15(2)31-24-14)12-29-18-7-5-6-16(10-18)23(26)30-13-21(25)19-11-17(27-3)8-9-22(19)28-4/h5-11H,12-13H2,1-4H3. The molecule has 162 valence electrons. The summed E-state index contributed by atoms with van der Waals surface area (Å²) in [6.07, 6.45) is 0. The summed E-state index contributed by atoms with van der Waals surface area (Å²) in [6, 6.07) is 11.4. The minimum absolute atomic E-state index is 0.258. The van der Waals surface area contributed by atoms with E-state index in [1.54, 1.807) is 43.3 Å². The second kappa shape index (κ2) is 9.80. The Kier molecular flexibility index (Phi) is 6.92. The Morgan fingerprint density at radius 3 is 2.48 bits per heavy atom. The zero-order valence-electron chi connectivity index (χ0n) is 17.8. The van der Waals surface area contributed by atoms with Gasteiger partial charge >= 0.3 is 5.97 Å². The van der Waals surface area contributed by atoms with Crippen molar-refractivity contribution in [3.8, 4) is 17.2 Å². The monoisotopic (exact) mass is 425 g/mol. The molecule has 0 saturated heterocycles. The van der Waals surface area contributed by atoms with Gasteiger partial charge in [0.2, 0.25) is 5.78 Å². The predicted molar refractivity (Wildman–Crippen MR) is 111 cm³/mol. The summed E-state index contributed by atoms with van der Waals surface area (Å²) < 4.78 is 26.4. The summed E-state index contributed by atoms with van der Waals surface area (Å²) in [6.45, 7) is 3.46. The van der Waals surface area contributed by atoms with Crippen LogP contribution in [0, 0.1) is 13.8 Å². The maximum atomic E-state index is 12.5. The lowest BCUT2D eigenvalue weighted by molar-refractivity contribution is 0.0473. The summed E-state index contributed by atoms with van der Waals surface area (Å²) in [4.78, 5) is 25.0. The molecule has 0 N–H and O–H groups in total. The number of carbonyl (C=O) groups excluding carboxylic acids is 2. The summed E-state index contributed by atoms with van der Waals surface area (Å²) in [7, 11) is 2.95. The van der Waals surface area contributed by atoms with Crippen molar-refractivity contribution in [2.24, 2.45) is 0 Å². The Balaban J connectivity index is 1.63. The largest absolute Gasteiger partial charge is 0.497 e. The molecule has 0 unspecified atom stereocenters. The number of aromatic nitrogens is 1. The molecule has 1 heterocycles. The maximum Gasteiger partial charge on any atom is 0.338 e. The normalized spacial score (nSPS) is 10.5. The average molecular weight is 425 g/mol. The van der Waals surface area contributed by atoms with E-state index in [0.717, 1.165) is 11.3 Å². The third-order valence-electron chi connectivity index (χ3n) is 4.68.